The number of aryl methyl sites for hydroxylation is 1. The zero-order chi connectivity index (χ0) is 17.1. The molecule has 0 aliphatic carbocycles. The molecule has 0 fully saturated rings. The highest BCUT2D eigenvalue weighted by atomic mass is 127. The maximum atomic E-state index is 9.20. The Kier molecular flexibility index (Phi) is 13.6. The van der Waals surface area contributed by atoms with Gasteiger partial charge in [0.05, 0.1) is 5.01 Å². The van der Waals surface area contributed by atoms with Crippen molar-refractivity contribution in [2.45, 2.75) is 47.0 Å². The third-order valence-electron chi connectivity index (χ3n) is 3.49. The van der Waals surface area contributed by atoms with Crippen LogP contribution in [0.4, 0.5) is 0 Å². The van der Waals surface area contributed by atoms with Crippen LogP contribution in [0.25, 0.3) is 0 Å². The summed E-state index contributed by atoms with van der Waals surface area (Å²) in [5.41, 5.74) is 0. The Morgan fingerprint density at radius 1 is 1.38 bits per heavy atom. The first kappa shape index (κ1) is 23.6. The first-order valence-corrected chi connectivity index (χ1v) is 9.41. The minimum absolute atomic E-state index is 0. The van der Waals surface area contributed by atoms with Crippen LogP contribution in [-0.4, -0.2) is 42.3 Å². The van der Waals surface area contributed by atoms with Gasteiger partial charge in [-0.15, -0.1) is 35.3 Å². The summed E-state index contributed by atoms with van der Waals surface area (Å²) in [6.45, 7) is 11.2. The van der Waals surface area contributed by atoms with Gasteiger partial charge in [-0.3, -0.25) is 4.99 Å². The standard InChI is InChI=1S/C17H32N4OS.HI/c1-5-18-17(19-8-6-16-20-11-14(4)23-16)21-12-15(7-9-22)10-13(2)3;/h11,13,15,22H,5-10,12H2,1-4H3,(H2,18,19,21);1H. The van der Waals surface area contributed by atoms with Crippen molar-refractivity contribution >= 4 is 41.3 Å². The molecule has 3 N–H and O–H groups in total. The van der Waals surface area contributed by atoms with Crippen molar-refractivity contribution in [3.63, 3.8) is 0 Å². The van der Waals surface area contributed by atoms with Gasteiger partial charge in [-0.1, -0.05) is 13.8 Å². The molecular formula is C17H33IN4OS. The van der Waals surface area contributed by atoms with E-state index in [1.54, 1.807) is 11.3 Å². The number of aliphatic imine (C=N–C) groups is 1. The first-order chi connectivity index (χ1) is 11.0. The highest BCUT2D eigenvalue weighted by molar-refractivity contribution is 14.0. The molecule has 0 saturated heterocycles. The molecule has 1 atom stereocenters. The molecule has 0 amide bonds. The fraction of sp³-hybridized carbons (Fsp3) is 0.765. The van der Waals surface area contributed by atoms with Crippen LogP contribution < -0.4 is 10.6 Å². The Labute approximate surface area is 167 Å². The fourth-order valence-corrected chi connectivity index (χ4v) is 3.29. The molecule has 0 bridgehead atoms. The molecule has 0 saturated carbocycles. The molecule has 1 aromatic rings. The van der Waals surface area contributed by atoms with E-state index < -0.39 is 0 Å². The molecule has 0 aliphatic rings. The Balaban J connectivity index is 0.00000529. The van der Waals surface area contributed by atoms with E-state index in [2.05, 4.69) is 48.3 Å². The molecule has 1 unspecified atom stereocenters. The van der Waals surface area contributed by atoms with Gasteiger partial charge < -0.3 is 15.7 Å². The third kappa shape index (κ3) is 10.5. The largest absolute Gasteiger partial charge is 0.396 e. The molecule has 7 heteroatoms. The van der Waals surface area contributed by atoms with Crippen molar-refractivity contribution in [2.24, 2.45) is 16.8 Å². The van der Waals surface area contributed by atoms with Crippen LogP contribution in [0.5, 0.6) is 0 Å². The van der Waals surface area contributed by atoms with Gasteiger partial charge in [-0.25, -0.2) is 4.98 Å². The molecule has 5 nitrogen and oxygen atoms in total. The van der Waals surface area contributed by atoms with Gasteiger partial charge in [0.15, 0.2) is 5.96 Å². The van der Waals surface area contributed by atoms with Gasteiger partial charge in [-0.2, -0.15) is 0 Å². The number of hydrogen-bond donors (Lipinski definition) is 3. The summed E-state index contributed by atoms with van der Waals surface area (Å²) < 4.78 is 0. The van der Waals surface area contributed by atoms with E-state index in [1.165, 1.54) is 4.88 Å². The van der Waals surface area contributed by atoms with Gasteiger partial charge in [0.2, 0.25) is 0 Å². The quantitative estimate of drug-likeness (QED) is 0.280. The number of thiazole rings is 1. The van der Waals surface area contributed by atoms with Crippen LogP contribution in [0, 0.1) is 18.8 Å². The maximum Gasteiger partial charge on any atom is 0.191 e. The third-order valence-corrected chi connectivity index (χ3v) is 4.47. The number of nitrogens with zero attached hydrogens (tertiary/aromatic N) is 2. The van der Waals surface area contributed by atoms with E-state index in [0.717, 1.165) is 49.9 Å². The van der Waals surface area contributed by atoms with Gasteiger partial charge in [-0.05, 0) is 38.5 Å². The number of rotatable bonds is 10. The van der Waals surface area contributed by atoms with E-state index in [1.807, 2.05) is 6.20 Å². The van der Waals surface area contributed by atoms with Gasteiger partial charge >= 0.3 is 0 Å². The number of guanidine groups is 1. The van der Waals surface area contributed by atoms with E-state index in [-0.39, 0.29) is 30.6 Å². The summed E-state index contributed by atoms with van der Waals surface area (Å²) >= 11 is 1.75. The van der Waals surface area contributed by atoms with Crippen LogP contribution in [0.3, 0.4) is 0 Å². The molecule has 0 aliphatic heterocycles. The van der Waals surface area contributed by atoms with Crippen molar-refractivity contribution in [1.29, 1.82) is 0 Å². The summed E-state index contributed by atoms with van der Waals surface area (Å²) in [5.74, 6) is 1.93. The average molecular weight is 468 g/mol. The lowest BCUT2D eigenvalue weighted by Crippen LogP contribution is -2.38. The van der Waals surface area contributed by atoms with Crippen molar-refractivity contribution < 1.29 is 5.11 Å². The summed E-state index contributed by atoms with van der Waals surface area (Å²) in [7, 11) is 0. The topological polar surface area (TPSA) is 69.5 Å². The molecule has 24 heavy (non-hydrogen) atoms. The van der Waals surface area contributed by atoms with E-state index >= 15 is 0 Å². The lowest BCUT2D eigenvalue weighted by Gasteiger charge is -2.17. The number of aliphatic hydroxyl groups excluding tert-OH is 1. The highest BCUT2D eigenvalue weighted by Gasteiger charge is 2.10. The van der Waals surface area contributed by atoms with Crippen molar-refractivity contribution in [3.05, 3.63) is 16.1 Å². The Morgan fingerprint density at radius 2 is 2.12 bits per heavy atom. The zero-order valence-corrected chi connectivity index (χ0v) is 18.5. The Bertz CT molecular complexity index is 465. The van der Waals surface area contributed by atoms with Crippen LogP contribution in [0.1, 0.15) is 43.5 Å². The molecule has 0 radical (unpaired) electrons. The van der Waals surface area contributed by atoms with E-state index in [0.29, 0.717) is 11.8 Å². The second-order valence-corrected chi connectivity index (χ2v) is 7.59. The minimum atomic E-state index is 0. The van der Waals surface area contributed by atoms with Crippen molar-refractivity contribution in [2.75, 3.05) is 26.2 Å². The number of aliphatic hydroxyl groups is 1. The molecule has 1 aromatic heterocycles. The molecule has 140 valence electrons. The lowest BCUT2D eigenvalue weighted by molar-refractivity contribution is 0.245. The monoisotopic (exact) mass is 468 g/mol. The summed E-state index contributed by atoms with van der Waals surface area (Å²) in [6.07, 6.45) is 4.75. The second kappa shape index (κ2) is 13.8. The van der Waals surface area contributed by atoms with Crippen LogP contribution in [0.2, 0.25) is 0 Å². The summed E-state index contributed by atoms with van der Waals surface area (Å²) in [5, 5.41) is 17.0. The predicted octanol–water partition coefficient (Wildman–Crippen LogP) is 3.21. The molecular weight excluding hydrogens is 435 g/mol. The molecule has 0 aromatic carbocycles. The molecule has 1 heterocycles. The normalized spacial score (nSPS) is 12.8. The van der Waals surface area contributed by atoms with Crippen molar-refractivity contribution in [3.8, 4) is 0 Å². The average Bonchev–Trinajstić information content (AvgIpc) is 2.89. The maximum absolute atomic E-state index is 9.20. The second-order valence-electron chi connectivity index (χ2n) is 6.27. The van der Waals surface area contributed by atoms with Gasteiger partial charge in [0.1, 0.15) is 0 Å². The lowest BCUT2D eigenvalue weighted by atomic mass is 9.94. The van der Waals surface area contributed by atoms with Crippen LogP contribution in [-0.2, 0) is 6.42 Å². The number of aromatic nitrogens is 1. The predicted molar refractivity (Wildman–Crippen MR) is 115 cm³/mol. The number of hydrogen-bond acceptors (Lipinski definition) is 4. The molecule has 0 spiro atoms. The Hall–Kier alpha value is -0.410. The smallest absolute Gasteiger partial charge is 0.191 e. The summed E-state index contributed by atoms with van der Waals surface area (Å²) in [6, 6.07) is 0. The number of nitrogens with one attached hydrogen (secondary N) is 2. The van der Waals surface area contributed by atoms with E-state index in [4.69, 9.17) is 0 Å². The first-order valence-electron chi connectivity index (χ1n) is 8.59. The number of halogens is 1. The van der Waals surface area contributed by atoms with Crippen molar-refractivity contribution in [1.82, 2.24) is 15.6 Å². The van der Waals surface area contributed by atoms with Gasteiger partial charge in [0, 0.05) is 43.7 Å². The van der Waals surface area contributed by atoms with Crippen LogP contribution >= 0.6 is 35.3 Å². The fourth-order valence-electron chi connectivity index (χ4n) is 2.50. The zero-order valence-electron chi connectivity index (χ0n) is 15.3. The van der Waals surface area contributed by atoms with E-state index in [9.17, 15) is 5.11 Å². The SMILES string of the molecule is CCNC(=NCC(CCO)CC(C)C)NCCc1ncc(C)s1.I. The minimum Gasteiger partial charge on any atom is -0.396 e. The highest BCUT2D eigenvalue weighted by Crippen LogP contribution is 2.15. The van der Waals surface area contributed by atoms with Gasteiger partial charge in [0.25, 0.3) is 0 Å². The summed E-state index contributed by atoms with van der Waals surface area (Å²) in [4.78, 5) is 10.3. The van der Waals surface area contributed by atoms with Crippen LogP contribution in [0.15, 0.2) is 11.2 Å². The molecule has 1 rings (SSSR count). The Morgan fingerprint density at radius 3 is 2.67 bits per heavy atom.